The summed E-state index contributed by atoms with van der Waals surface area (Å²) >= 11 is 0. The van der Waals surface area contributed by atoms with E-state index in [2.05, 4.69) is 15.4 Å². The van der Waals surface area contributed by atoms with Gasteiger partial charge < -0.3 is 15.2 Å². The lowest BCUT2D eigenvalue weighted by Crippen LogP contribution is -2.17. The molecule has 3 N–H and O–H groups in total. The summed E-state index contributed by atoms with van der Waals surface area (Å²) in [4.78, 5) is 0. The summed E-state index contributed by atoms with van der Waals surface area (Å²) in [5, 5.41) is 10.3. The van der Waals surface area contributed by atoms with Crippen LogP contribution in [0.5, 0.6) is 11.5 Å². The van der Waals surface area contributed by atoms with Crippen LogP contribution in [-0.4, -0.2) is 28.6 Å². The van der Waals surface area contributed by atoms with Crippen LogP contribution in [0.15, 0.2) is 24.4 Å². The molecule has 0 fully saturated rings. The Hall–Kier alpha value is -2.08. The van der Waals surface area contributed by atoms with Crippen molar-refractivity contribution in [1.82, 2.24) is 15.4 Å². The van der Waals surface area contributed by atoms with Crippen LogP contribution >= 0.6 is 0 Å². The van der Waals surface area contributed by atoms with Gasteiger partial charge in [0.2, 0.25) is 0 Å². The molecule has 0 radical (unpaired) electrons. The van der Waals surface area contributed by atoms with Crippen molar-refractivity contribution < 1.29 is 9.47 Å². The van der Waals surface area contributed by atoms with Gasteiger partial charge in [0, 0.05) is 0 Å². The summed E-state index contributed by atoms with van der Waals surface area (Å²) in [6.07, 6.45) is 1.61. The summed E-state index contributed by atoms with van der Waals surface area (Å²) in [6, 6.07) is 5.34. The molecule has 0 amide bonds. The van der Waals surface area contributed by atoms with Crippen molar-refractivity contribution in [2.75, 3.05) is 13.2 Å². The third-order valence-corrected chi connectivity index (χ3v) is 2.68. The van der Waals surface area contributed by atoms with Gasteiger partial charge in [-0.3, -0.25) is 0 Å². The normalized spacial score (nSPS) is 15.6. The summed E-state index contributed by atoms with van der Waals surface area (Å²) in [6.45, 7) is 1.15. The second-order valence-corrected chi connectivity index (χ2v) is 3.78. The fraction of sp³-hybridized carbons (Fsp3) is 0.273. The van der Waals surface area contributed by atoms with Gasteiger partial charge in [0.25, 0.3) is 0 Å². The average Bonchev–Trinajstić information content (AvgIpc) is 2.91. The van der Waals surface area contributed by atoms with Gasteiger partial charge in [-0.15, -0.1) is 0 Å². The lowest BCUT2D eigenvalue weighted by Gasteiger charge is -2.20. The molecule has 0 saturated carbocycles. The van der Waals surface area contributed by atoms with Crippen molar-refractivity contribution in [2.45, 2.75) is 6.04 Å². The standard InChI is InChI=1S/C11H12N4O2/c12-11(8-6-13-15-14-8)7-1-2-9-10(5-7)17-4-3-16-9/h1-2,5-6,11H,3-4,12H2,(H,13,14,15). The molecule has 1 unspecified atom stereocenters. The van der Waals surface area contributed by atoms with Gasteiger partial charge in [0.15, 0.2) is 11.5 Å². The van der Waals surface area contributed by atoms with Gasteiger partial charge in [-0.25, -0.2) is 0 Å². The highest BCUT2D eigenvalue weighted by Crippen LogP contribution is 2.33. The van der Waals surface area contributed by atoms with E-state index in [0.29, 0.717) is 18.9 Å². The number of rotatable bonds is 2. The van der Waals surface area contributed by atoms with Crippen LogP contribution in [0, 0.1) is 0 Å². The van der Waals surface area contributed by atoms with Crippen molar-refractivity contribution in [3.8, 4) is 11.5 Å². The lowest BCUT2D eigenvalue weighted by atomic mass is 10.0. The molecule has 1 aliphatic rings. The number of benzene rings is 1. The summed E-state index contributed by atoms with van der Waals surface area (Å²) < 4.78 is 11.0. The van der Waals surface area contributed by atoms with Crippen molar-refractivity contribution in [3.63, 3.8) is 0 Å². The SMILES string of the molecule is NC(c1ccc2c(c1)OCCO2)c1cn[nH]n1. The molecule has 1 aliphatic heterocycles. The molecule has 3 rings (SSSR count). The van der Waals surface area contributed by atoms with E-state index in [-0.39, 0.29) is 6.04 Å². The Balaban J connectivity index is 1.93. The van der Waals surface area contributed by atoms with Crippen molar-refractivity contribution in [1.29, 1.82) is 0 Å². The summed E-state index contributed by atoms with van der Waals surface area (Å²) in [5.41, 5.74) is 7.69. The van der Waals surface area contributed by atoms with E-state index in [0.717, 1.165) is 17.1 Å². The van der Waals surface area contributed by atoms with Gasteiger partial charge in [0.05, 0.1) is 12.2 Å². The number of nitrogens with one attached hydrogen (secondary N) is 1. The number of hydrogen-bond donors (Lipinski definition) is 2. The number of fused-ring (bicyclic) bond motifs is 1. The number of ether oxygens (including phenoxy) is 2. The Morgan fingerprint density at radius 1 is 1.24 bits per heavy atom. The van der Waals surface area contributed by atoms with Gasteiger partial charge >= 0.3 is 0 Å². The summed E-state index contributed by atoms with van der Waals surface area (Å²) in [7, 11) is 0. The van der Waals surface area contributed by atoms with Gasteiger partial charge in [-0.05, 0) is 17.7 Å². The number of aromatic nitrogens is 3. The number of hydrogen-bond acceptors (Lipinski definition) is 5. The minimum Gasteiger partial charge on any atom is -0.486 e. The highest BCUT2D eigenvalue weighted by atomic mass is 16.6. The molecule has 17 heavy (non-hydrogen) atoms. The molecule has 2 heterocycles. The predicted molar refractivity (Wildman–Crippen MR) is 59.8 cm³/mol. The largest absolute Gasteiger partial charge is 0.486 e. The maximum atomic E-state index is 6.08. The zero-order valence-electron chi connectivity index (χ0n) is 9.09. The number of H-pyrrole nitrogens is 1. The molecule has 6 nitrogen and oxygen atoms in total. The molecule has 0 saturated heterocycles. The quantitative estimate of drug-likeness (QED) is 0.792. The van der Waals surface area contributed by atoms with E-state index in [9.17, 15) is 0 Å². The lowest BCUT2D eigenvalue weighted by molar-refractivity contribution is 0.171. The van der Waals surface area contributed by atoms with E-state index in [1.807, 2.05) is 18.2 Å². The van der Waals surface area contributed by atoms with E-state index < -0.39 is 0 Å². The third kappa shape index (κ3) is 1.83. The molecular formula is C11H12N4O2. The molecular weight excluding hydrogens is 220 g/mol. The predicted octanol–water partition coefficient (Wildman–Crippen LogP) is 0.624. The van der Waals surface area contributed by atoms with Crippen LogP contribution in [0.3, 0.4) is 0 Å². The van der Waals surface area contributed by atoms with Gasteiger partial charge in [0.1, 0.15) is 18.9 Å². The topological polar surface area (TPSA) is 86.0 Å². The Morgan fingerprint density at radius 2 is 2.06 bits per heavy atom. The van der Waals surface area contributed by atoms with Crippen LogP contribution in [0.25, 0.3) is 0 Å². The minimum atomic E-state index is -0.315. The first-order valence-electron chi connectivity index (χ1n) is 5.35. The Kier molecular flexibility index (Phi) is 2.41. The van der Waals surface area contributed by atoms with E-state index in [1.54, 1.807) is 6.20 Å². The molecule has 88 valence electrons. The number of aromatic amines is 1. The fourth-order valence-corrected chi connectivity index (χ4v) is 1.78. The van der Waals surface area contributed by atoms with Crippen LogP contribution in [0.1, 0.15) is 17.3 Å². The summed E-state index contributed by atoms with van der Waals surface area (Å²) in [5.74, 6) is 1.49. The second-order valence-electron chi connectivity index (χ2n) is 3.78. The van der Waals surface area contributed by atoms with E-state index in [4.69, 9.17) is 15.2 Å². The number of nitrogens with two attached hydrogens (primary N) is 1. The second kappa shape index (κ2) is 4.06. The third-order valence-electron chi connectivity index (χ3n) is 2.68. The molecule has 1 aromatic heterocycles. The maximum absolute atomic E-state index is 6.08. The van der Waals surface area contributed by atoms with E-state index >= 15 is 0 Å². The highest BCUT2D eigenvalue weighted by molar-refractivity contribution is 5.45. The first-order valence-corrected chi connectivity index (χ1v) is 5.35. The molecule has 1 atom stereocenters. The first-order chi connectivity index (χ1) is 8.34. The van der Waals surface area contributed by atoms with Crippen LogP contribution in [0.4, 0.5) is 0 Å². The molecule has 0 spiro atoms. The Bertz CT molecular complexity index is 512. The molecule has 0 bridgehead atoms. The van der Waals surface area contributed by atoms with Crippen molar-refractivity contribution in [2.24, 2.45) is 5.73 Å². The van der Waals surface area contributed by atoms with Crippen LogP contribution < -0.4 is 15.2 Å². The fourth-order valence-electron chi connectivity index (χ4n) is 1.78. The van der Waals surface area contributed by atoms with Gasteiger partial charge in [-0.1, -0.05) is 6.07 Å². The van der Waals surface area contributed by atoms with E-state index in [1.165, 1.54) is 0 Å². The van der Waals surface area contributed by atoms with Crippen molar-refractivity contribution >= 4 is 0 Å². The minimum absolute atomic E-state index is 0.315. The smallest absolute Gasteiger partial charge is 0.161 e. The average molecular weight is 232 g/mol. The zero-order chi connectivity index (χ0) is 11.7. The monoisotopic (exact) mass is 232 g/mol. The Morgan fingerprint density at radius 3 is 2.82 bits per heavy atom. The molecule has 1 aromatic carbocycles. The van der Waals surface area contributed by atoms with Gasteiger partial charge in [-0.2, -0.15) is 15.4 Å². The van der Waals surface area contributed by atoms with Crippen LogP contribution in [0.2, 0.25) is 0 Å². The molecule has 2 aromatic rings. The van der Waals surface area contributed by atoms with Crippen LogP contribution in [-0.2, 0) is 0 Å². The Labute approximate surface area is 97.7 Å². The molecule has 6 heteroatoms. The zero-order valence-corrected chi connectivity index (χ0v) is 9.09. The van der Waals surface area contributed by atoms with Crippen molar-refractivity contribution in [3.05, 3.63) is 35.7 Å². The molecule has 0 aliphatic carbocycles. The highest BCUT2D eigenvalue weighted by Gasteiger charge is 2.16. The maximum Gasteiger partial charge on any atom is 0.161 e. The number of nitrogens with zero attached hydrogens (tertiary/aromatic N) is 2. The first kappa shape index (κ1) is 10.1.